The van der Waals surface area contributed by atoms with Crippen molar-refractivity contribution < 1.29 is 41.6 Å². The standard InChI is InChI=1S/C23H28N10O10P2S2/c1-37-13-9-3-44(35,46)40-5-23-4-38-14(21(42-23)32-7-28-11-16(24)26-6-27-17(11)32)15(23)43-45(36,47)39-2-10(13)41-20(9)33-8-29-12-18(33)30-22(25)31-19(12)34/h6-10,13-15,20-21H,2-5H2,1H3,(H,35,46)(H,36,47)(H2,24,26,27)(H3,25,30,31,34)/t9-,10-,13+,14-,15+,20-,21-,23-,44+,45+/m1/s1. The number of fused-ring (bicyclic) bond motifs is 4. The van der Waals surface area contributed by atoms with Gasteiger partial charge in [0.2, 0.25) is 5.95 Å². The third kappa shape index (κ3) is 5.21. The largest absolute Gasteiger partial charge is 0.386 e. The molecule has 20 nitrogen and oxygen atoms in total. The molecule has 4 fully saturated rings. The van der Waals surface area contributed by atoms with Gasteiger partial charge in [0.15, 0.2) is 28.9 Å². The van der Waals surface area contributed by atoms with Gasteiger partial charge in [-0.15, -0.1) is 0 Å². The van der Waals surface area contributed by atoms with Crippen LogP contribution in [0.4, 0.5) is 11.8 Å². The third-order valence-electron chi connectivity index (χ3n) is 8.70. The van der Waals surface area contributed by atoms with Crippen molar-refractivity contribution in [3.05, 3.63) is 29.3 Å². The number of thiol groups is 2. The first-order chi connectivity index (χ1) is 22.4. The number of rotatable bonds is 3. The fourth-order valence-electron chi connectivity index (χ4n) is 6.65. The van der Waals surface area contributed by atoms with Crippen LogP contribution in [0.3, 0.4) is 0 Å². The Morgan fingerprint density at radius 2 is 1.81 bits per heavy atom. The molecule has 4 saturated heterocycles. The monoisotopic (exact) mass is 730 g/mol. The maximum absolute atomic E-state index is 14.1. The fraction of sp³-hybridized carbons (Fsp3) is 0.565. The number of nitrogens with zero attached hydrogens (tertiary/aromatic N) is 7. The molecule has 47 heavy (non-hydrogen) atoms. The van der Waals surface area contributed by atoms with E-state index >= 15 is 0 Å². The highest BCUT2D eigenvalue weighted by Crippen LogP contribution is 2.63. The van der Waals surface area contributed by atoms with Crippen LogP contribution in [0, 0.1) is 5.92 Å². The van der Waals surface area contributed by atoms with Crippen LogP contribution in [0.5, 0.6) is 0 Å². The minimum absolute atomic E-state index is 0.0110. The van der Waals surface area contributed by atoms with E-state index in [1.165, 1.54) is 30.7 Å². The predicted octanol–water partition coefficient (Wildman–Crippen LogP) is 0.912. The highest BCUT2D eigenvalue weighted by atomic mass is 32.7. The number of anilines is 2. The molecule has 0 spiro atoms. The zero-order chi connectivity index (χ0) is 32.9. The van der Waals surface area contributed by atoms with Crippen molar-refractivity contribution in [2.24, 2.45) is 5.92 Å². The summed E-state index contributed by atoms with van der Waals surface area (Å²) in [5.41, 5.74) is 10.7. The van der Waals surface area contributed by atoms with Crippen molar-refractivity contribution in [2.75, 3.05) is 44.6 Å². The molecule has 4 aliphatic heterocycles. The number of hydrogen-bond acceptors (Lipinski definition) is 17. The number of methoxy groups -OCH3 is 1. The molecule has 4 bridgehead atoms. The van der Waals surface area contributed by atoms with E-state index in [2.05, 4.69) is 54.4 Å². The van der Waals surface area contributed by atoms with Crippen molar-refractivity contribution in [3.8, 4) is 0 Å². The Labute approximate surface area is 274 Å². The number of nitrogen functional groups attached to an aromatic ring is 2. The Hall–Kier alpha value is -2.62. The van der Waals surface area contributed by atoms with E-state index in [1.54, 1.807) is 4.57 Å². The number of ether oxygens (including phenoxy) is 4. The van der Waals surface area contributed by atoms with Crippen LogP contribution in [0.25, 0.3) is 22.3 Å². The van der Waals surface area contributed by atoms with E-state index in [-0.39, 0.29) is 48.9 Å². The fourth-order valence-corrected chi connectivity index (χ4v) is 10.3. The summed E-state index contributed by atoms with van der Waals surface area (Å²) in [6, 6.07) is 0. The number of hydrogen-bond donors (Lipinski definition) is 5. The minimum atomic E-state index is -4.16. The molecular weight excluding hydrogens is 702 g/mol. The smallest absolute Gasteiger partial charge is 0.382 e. The predicted molar refractivity (Wildman–Crippen MR) is 168 cm³/mol. The van der Waals surface area contributed by atoms with Crippen molar-refractivity contribution in [1.82, 2.24) is 39.0 Å². The molecule has 4 aromatic rings. The summed E-state index contributed by atoms with van der Waals surface area (Å²) < 4.78 is 73.5. The summed E-state index contributed by atoms with van der Waals surface area (Å²) in [7, 11) is 1.44. The second-order valence-corrected chi connectivity index (χ2v) is 18.1. The topological polar surface area (TPSA) is 258 Å². The van der Waals surface area contributed by atoms with Crippen molar-refractivity contribution in [3.63, 3.8) is 0 Å². The lowest BCUT2D eigenvalue weighted by molar-refractivity contribution is -0.181. The molecule has 252 valence electrons. The molecule has 0 saturated carbocycles. The normalized spacial score (nSPS) is 39.1. The first-order valence-electron chi connectivity index (χ1n) is 14.1. The summed E-state index contributed by atoms with van der Waals surface area (Å²) in [6.45, 7) is -8.69. The lowest BCUT2D eigenvalue weighted by Gasteiger charge is -2.33. The molecule has 0 aliphatic carbocycles. The lowest BCUT2D eigenvalue weighted by atomic mass is 10.0. The number of imidazole rings is 2. The van der Waals surface area contributed by atoms with Gasteiger partial charge in [-0.3, -0.25) is 32.5 Å². The van der Waals surface area contributed by atoms with Crippen molar-refractivity contribution >= 4 is 72.0 Å². The molecule has 0 aromatic carbocycles. The maximum atomic E-state index is 14.1. The van der Waals surface area contributed by atoms with Crippen LogP contribution in [0.2, 0.25) is 0 Å². The minimum Gasteiger partial charge on any atom is -0.382 e. The van der Waals surface area contributed by atoms with Crippen LogP contribution in [0.1, 0.15) is 12.5 Å². The quantitative estimate of drug-likeness (QED) is 0.145. The number of nitrogens with one attached hydrogen (secondary N) is 1. The van der Waals surface area contributed by atoms with Crippen molar-refractivity contribution in [2.45, 2.75) is 42.5 Å². The van der Waals surface area contributed by atoms with E-state index in [4.69, 9.17) is 44.0 Å². The van der Waals surface area contributed by atoms with Crippen LogP contribution in [0.15, 0.2) is 23.8 Å². The Bertz CT molecular complexity index is 2050. The second-order valence-electron chi connectivity index (χ2n) is 11.5. The van der Waals surface area contributed by atoms with Gasteiger partial charge in [-0.05, 0) is 0 Å². The van der Waals surface area contributed by atoms with E-state index < -0.39 is 67.3 Å². The number of aromatic nitrogens is 8. The zero-order valence-corrected chi connectivity index (χ0v) is 27.8. The third-order valence-corrected chi connectivity index (χ3v) is 12.6. The van der Waals surface area contributed by atoms with Gasteiger partial charge in [-0.1, -0.05) is 24.5 Å². The average Bonchev–Trinajstić information content (AvgIpc) is 3.82. The second kappa shape index (κ2) is 11.2. The highest BCUT2D eigenvalue weighted by molar-refractivity contribution is 8.46. The van der Waals surface area contributed by atoms with Gasteiger partial charge in [0.1, 0.15) is 42.0 Å². The van der Waals surface area contributed by atoms with E-state index in [0.717, 1.165) is 0 Å². The summed E-state index contributed by atoms with van der Waals surface area (Å²) in [5, 5.41) is 0. The van der Waals surface area contributed by atoms with Gasteiger partial charge in [-0.2, -0.15) is 4.98 Å². The SMILES string of the molecule is CO[C@H]1[C@H]2C[P@@](=O)(S)OC[C@@]34CO[C@@H]([C@H](n5cnc6c(N)ncnc65)O3)[C@@H]4O[P@@](=O)(S)OC[C@H]1O[C@H]2n1cnc2c(=O)[nH]c(N)nc21. The van der Waals surface area contributed by atoms with E-state index in [9.17, 15) is 13.9 Å². The van der Waals surface area contributed by atoms with E-state index in [1.807, 2.05) is 0 Å². The Kier molecular flexibility index (Phi) is 7.54. The van der Waals surface area contributed by atoms with Gasteiger partial charge in [0.25, 0.3) is 12.1 Å². The van der Waals surface area contributed by atoms with Gasteiger partial charge in [0, 0.05) is 19.2 Å². The summed E-state index contributed by atoms with van der Waals surface area (Å²) in [6.07, 6.45) is -1.51. The Morgan fingerprint density at radius 1 is 1.04 bits per heavy atom. The van der Waals surface area contributed by atoms with Gasteiger partial charge < -0.3 is 34.9 Å². The lowest BCUT2D eigenvalue weighted by Crippen LogP contribution is -2.45. The van der Waals surface area contributed by atoms with Gasteiger partial charge >= 0.3 is 6.80 Å². The van der Waals surface area contributed by atoms with Crippen LogP contribution < -0.4 is 17.0 Å². The highest BCUT2D eigenvalue weighted by Gasteiger charge is 2.65. The van der Waals surface area contributed by atoms with E-state index in [0.29, 0.717) is 11.2 Å². The molecular formula is C23H28N10O10P2S2. The molecule has 5 N–H and O–H groups in total. The molecule has 0 amide bonds. The maximum Gasteiger partial charge on any atom is 0.386 e. The molecule has 0 radical (unpaired) electrons. The van der Waals surface area contributed by atoms with Crippen LogP contribution >= 0.6 is 37.9 Å². The Morgan fingerprint density at radius 3 is 2.60 bits per heavy atom. The molecule has 8 rings (SSSR count). The summed E-state index contributed by atoms with van der Waals surface area (Å²) >= 11 is 8.75. The molecule has 8 heterocycles. The molecule has 0 unspecified atom stereocenters. The van der Waals surface area contributed by atoms with Crippen molar-refractivity contribution in [1.29, 1.82) is 0 Å². The molecule has 4 aromatic heterocycles. The van der Waals surface area contributed by atoms with Crippen LogP contribution in [-0.4, -0.2) is 102 Å². The van der Waals surface area contributed by atoms with Gasteiger partial charge in [0.05, 0.1) is 38.6 Å². The average molecular weight is 731 g/mol. The molecule has 10 atom stereocenters. The van der Waals surface area contributed by atoms with Crippen LogP contribution in [-0.2, 0) is 41.6 Å². The number of aromatic amines is 1. The number of H-pyrrole nitrogens is 1. The summed E-state index contributed by atoms with van der Waals surface area (Å²) in [5.74, 6) is -0.694. The first kappa shape index (κ1) is 31.6. The number of nitrogens with two attached hydrogens (primary N) is 2. The Balaban J connectivity index is 1.15. The summed E-state index contributed by atoms with van der Waals surface area (Å²) in [4.78, 5) is 35.8. The first-order valence-corrected chi connectivity index (χ1v) is 19.8. The zero-order valence-electron chi connectivity index (χ0n) is 24.3. The van der Waals surface area contributed by atoms with Gasteiger partial charge in [-0.25, -0.2) is 24.5 Å². The molecule has 24 heteroatoms. The molecule has 4 aliphatic rings.